The molecule has 110 valence electrons. The van der Waals surface area contributed by atoms with E-state index < -0.39 is 0 Å². The summed E-state index contributed by atoms with van der Waals surface area (Å²) in [6.07, 6.45) is 0. The van der Waals surface area contributed by atoms with Crippen LogP contribution in [0.5, 0.6) is 5.75 Å². The van der Waals surface area contributed by atoms with Crippen LogP contribution in [0.2, 0.25) is 0 Å². The van der Waals surface area contributed by atoms with Crippen molar-refractivity contribution in [3.63, 3.8) is 0 Å². The average molecular weight is 366 g/mol. The molecule has 0 radical (unpaired) electrons. The Bertz CT molecular complexity index is 676. The smallest absolute Gasteiger partial charge is 0.175 e. The number of nitrogens with two attached hydrogens (primary N) is 1. The molecule has 0 saturated carbocycles. The van der Waals surface area contributed by atoms with Crippen LogP contribution in [0.3, 0.4) is 0 Å². The summed E-state index contributed by atoms with van der Waals surface area (Å²) in [6.45, 7) is 1.96. The van der Waals surface area contributed by atoms with E-state index in [1.165, 1.54) is 0 Å². The second-order valence-corrected chi connectivity index (χ2v) is 5.82. The van der Waals surface area contributed by atoms with E-state index in [0.29, 0.717) is 10.9 Å². The van der Waals surface area contributed by atoms with Crippen molar-refractivity contribution < 1.29 is 4.74 Å². The largest absolute Gasteiger partial charge is 0.495 e. The number of nitrogens with one attached hydrogen (secondary N) is 2. The molecule has 0 bridgehead atoms. The van der Waals surface area contributed by atoms with Gasteiger partial charge in [-0.05, 0) is 55.0 Å². The lowest BCUT2D eigenvalue weighted by atomic mass is 10.2. The van der Waals surface area contributed by atoms with E-state index in [1.54, 1.807) is 7.11 Å². The number of ether oxygens (including phenoxy) is 1. The first-order valence-electron chi connectivity index (χ1n) is 6.27. The fourth-order valence-corrected chi connectivity index (χ4v) is 2.37. The molecule has 4 N–H and O–H groups in total. The van der Waals surface area contributed by atoms with Gasteiger partial charge >= 0.3 is 0 Å². The highest BCUT2D eigenvalue weighted by Crippen LogP contribution is 2.28. The standard InChI is InChI=1S/C15H16BrN3OS/c1-9-3-5-11(8-12(9)17)18-15(21)19-13-7-10(16)4-6-14(13)20-2/h3-8H,17H2,1-2H3,(H2,18,19,21). The first kappa shape index (κ1) is 15.6. The molecule has 0 aliphatic heterocycles. The Kier molecular flexibility index (Phi) is 5.03. The number of anilines is 3. The van der Waals surface area contributed by atoms with E-state index in [1.807, 2.05) is 43.3 Å². The summed E-state index contributed by atoms with van der Waals surface area (Å²) in [4.78, 5) is 0. The Labute approximate surface area is 137 Å². The molecule has 0 aliphatic carbocycles. The van der Waals surface area contributed by atoms with Gasteiger partial charge in [-0.15, -0.1) is 0 Å². The van der Waals surface area contributed by atoms with Crippen LogP contribution in [-0.2, 0) is 0 Å². The zero-order valence-corrected chi connectivity index (χ0v) is 14.1. The summed E-state index contributed by atoms with van der Waals surface area (Å²) in [5.41, 5.74) is 9.26. The lowest BCUT2D eigenvalue weighted by Crippen LogP contribution is -2.19. The van der Waals surface area contributed by atoms with E-state index in [2.05, 4.69) is 26.6 Å². The zero-order chi connectivity index (χ0) is 15.4. The molecule has 21 heavy (non-hydrogen) atoms. The van der Waals surface area contributed by atoms with Crippen LogP contribution in [0.4, 0.5) is 17.1 Å². The number of thiocarbonyl (C=S) groups is 1. The maximum Gasteiger partial charge on any atom is 0.175 e. The lowest BCUT2D eigenvalue weighted by Gasteiger charge is -2.14. The van der Waals surface area contributed by atoms with Gasteiger partial charge in [0.1, 0.15) is 5.75 Å². The Morgan fingerprint density at radius 2 is 1.95 bits per heavy atom. The van der Waals surface area contributed by atoms with Crippen molar-refractivity contribution in [3.05, 3.63) is 46.4 Å². The van der Waals surface area contributed by atoms with E-state index in [-0.39, 0.29) is 0 Å². The number of nitrogen functional groups attached to an aromatic ring is 1. The van der Waals surface area contributed by atoms with Crippen molar-refractivity contribution in [2.45, 2.75) is 6.92 Å². The molecule has 6 heteroatoms. The lowest BCUT2D eigenvalue weighted by molar-refractivity contribution is 0.417. The molecular formula is C15H16BrN3OS. The van der Waals surface area contributed by atoms with E-state index in [0.717, 1.165) is 27.1 Å². The summed E-state index contributed by atoms with van der Waals surface area (Å²) >= 11 is 8.74. The van der Waals surface area contributed by atoms with Crippen LogP contribution in [0.15, 0.2) is 40.9 Å². The van der Waals surface area contributed by atoms with Gasteiger partial charge in [0.25, 0.3) is 0 Å². The third-order valence-electron chi connectivity index (χ3n) is 2.95. The van der Waals surface area contributed by atoms with Crippen molar-refractivity contribution in [2.24, 2.45) is 0 Å². The van der Waals surface area contributed by atoms with E-state index in [4.69, 9.17) is 22.7 Å². The minimum atomic E-state index is 0.467. The third-order valence-corrected chi connectivity index (χ3v) is 3.64. The average Bonchev–Trinajstić information content (AvgIpc) is 2.43. The maximum atomic E-state index is 5.88. The zero-order valence-electron chi connectivity index (χ0n) is 11.7. The summed E-state index contributed by atoms with van der Waals surface area (Å²) in [6, 6.07) is 11.4. The van der Waals surface area contributed by atoms with Gasteiger partial charge in [-0.25, -0.2) is 0 Å². The molecule has 0 fully saturated rings. The third kappa shape index (κ3) is 4.09. The molecule has 2 aromatic rings. The van der Waals surface area contributed by atoms with Gasteiger partial charge < -0.3 is 21.1 Å². The fraction of sp³-hybridized carbons (Fsp3) is 0.133. The highest BCUT2D eigenvalue weighted by Gasteiger charge is 2.06. The Morgan fingerprint density at radius 1 is 1.19 bits per heavy atom. The van der Waals surface area contributed by atoms with Crippen molar-refractivity contribution in [3.8, 4) is 5.75 Å². The Hall–Kier alpha value is -1.79. The minimum Gasteiger partial charge on any atom is -0.495 e. The molecule has 0 aromatic heterocycles. The van der Waals surface area contributed by atoms with E-state index in [9.17, 15) is 0 Å². The Morgan fingerprint density at radius 3 is 2.62 bits per heavy atom. The SMILES string of the molecule is COc1ccc(Br)cc1NC(=S)Nc1ccc(C)c(N)c1. The highest BCUT2D eigenvalue weighted by molar-refractivity contribution is 9.10. The molecule has 0 amide bonds. The number of halogens is 1. The molecule has 0 atom stereocenters. The number of aryl methyl sites for hydroxylation is 1. The van der Waals surface area contributed by atoms with Gasteiger partial charge in [-0.1, -0.05) is 22.0 Å². The normalized spacial score (nSPS) is 10.0. The van der Waals surface area contributed by atoms with Crippen LogP contribution in [0, 0.1) is 6.92 Å². The van der Waals surface area contributed by atoms with Crippen LogP contribution in [-0.4, -0.2) is 12.2 Å². The van der Waals surface area contributed by atoms with Crippen molar-refractivity contribution in [1.82, 2.24) is 0 Å². The predicted molar refractivity (Wildman–Crippen MR) is 96.1 cm³/mol. The second kappa shape index (κ2) is 6.78. The molecule has 0 unspecified atom stereocenters. The summed E-state index contributed by atoms with van der Waals surface area (Å²) < 4.78 is 6.23. The van der Waals surface area contributed by atoms with Gasteiger partial charge in [0, 0.05) is 15.8 Å². The van der Waals surface area contributed by atoms with Crippen LogP contribution >= 0.6 is 28.1 Å². The van der Waals surface area contributed by atoms with Gasteiger partial charge in [-0.3, -0.25) is 0 Å². The van der Waals surface area contributed by atoms with Crippen molar-refractivity contribution in [1.29, 1.82) is 0 Å². The number of hydrogen-bond donors (Lipinski definition) is 3. The number of benzene rings is 2. The van der Waals surface area contributed by atoms with Crippen LogP contribution in [0.1, 0.15) is 5.56 Å². The quantitative estimate of drug-likeness (QED) is 0.563. The summed E-state index contributed by atoms with van der Waals surface area (Å²) in [5.74, 6) is 0.714. The van der Waals surface area contributed by atoms with Gasteiger partial charge in [0.15, 0.2) is 5.11 Å². The number of rotatable bonds is 3. The molecule has 4 nitrogen and oxygen atoms in total. The molecule has 0 saturated heterocycles. The summed E-state index contributed by atoms with van der Waals surface area (Å²) in [5, 5.41) is 6.68. The molecule has 2 rings (SSSR count). The monoisotopic (exact) mass is 365 g/mol. The first-order valence-corrected chi connectivity index (χ1v) is 7.47. The van der Waals surface area contributed by atoms with Gasteiger partial charge in [-0.2, -0.15) is 0 Å². The molecule has 0 aliphatic rings. The first-order chi connectivity index (χ1) is 9.99. The van der Waals surface area contributed by atoms with E-state index >= 15 is 0 Å². The topological polar surface area (TPSA) is 59.3 Å². The predicted octanol–water partition coefficient (Wildman–Crippen LogP) is 4.16. The fourth-order valence-electron chi connectivity index (χ4n) is 1.78. The van der Waals surface area contributed by atoms with Crippen molar-refractivity contribution >= 4 is 50.3 Å². The molecule has 2 aromatic carbocycles. The second-order valence-electron chi connectivity index (χ2n) is 4.50. The van der Waals surface area contributed by atoms with Crippen LogP contribution in [0.25, 0.3) is 0 Å². The van der Waals surface area contributed by atoms with Gasteiger partial charge in [0.05, 0.1) is 12.8 Å². The molecule has 0 spiro atoms. The van der Waals surface area contributed by atoms with Crippen molar-refractivity contribution in [2.75, 3.05) is 23.5 Å². The number of methoxy groups -OCH3 is 1. The summed E-state index contributed by atoms with van der Waals surface area (Å²) in [7, 11) is 1.62. The highest BCUT2D eigenvalue weighted by atomic mass is 79.9. The Balaban J connectivity index is 2.11. The molecular weight excluding hydrogens is 350 g/mol. The molecule has 0 heterocycles. The maximum absolute atomic E-state index is 5.88. The number of hydrogen-bond acceptors (Lipinski definition) is 3. The van der Waals surface area contributed by atoms with Crippen LogP contribution < -0.4 is 21.1 Å². The minimum absolute atomic E-state index is 0.467. The van der Waals surface area contributed by atoms with Gasteiger partial charge in [0.2, 0.25) is 0 Å².